The van der Waals surface area contributed by atoms with Gasteiger partial charge in [-0.3, -0.25) is 0 Å². The minimum Gasteiger partial charge on any atom is -0.492 e. The quantitative estimate of drug-likeness (QED) is 0.359. The lowest BCUT2D eigenvalue weighted by atomic mass is 9.67. The molecule has 3 aliphatic carbocycles. The Morgan fingerprint density at radius 2 is 1.92 bits per heavy atom. The second-order valence-corrected chi connectivity index (χ2v) is 9.26. The van der Waals surface area contributed by atoms with Gasteiger partial charge in [0.25, 0.3) is 0 Å². The maximum atomic E-state index is 6.42. The van der Waals surface area contributed by atoms with Crippen molar-refractivity contribution in [2.24, 2.45) is 23.7 Å². The van der Waals surface area contributed by atoms with Crippen molar-refractivity contribution in [2.75, 3.05) is 0 Å². The van der Waals surface area contributed by atoms with Gasteiger partial charge in [-0.25, -0.2) is 0 Å². The van der Waals surface area contributed by atoms with Crippen LogP contribution in [-0.4, -0.2) is 5.60 Å². The fourth-order valence-corrected chi connectivity index (χ4v) is 5.13. The van der Waals surface area contributed by atoms with Crippen LogP contribution in [0.3, 0.4) is 0 Å². The molecule has 0 aliphatic heterocycles. The van der Waals surface area contributed by atoms with Crippen LogP contribution in [0, 0.1) is 23.7 Å². The van der Waals surface area contributed by atoms with Gasteiger partial charge in [-0.05, 0) is 82.3 Å². The van der Waals surface area contributed by atoms with Crippen LogP contribution in [0.4, 0.5) is 0 Å². The van der Waals surface area contributed by atoms with Crippen LogP contribution in [-0.2, 0) is 4.74 Å². The molecule has 0 radical (unpaired) electrons. The summed E-state index contributed by atoms with van der Waals surface area (Å²) < 4.78 is 6.42. The normalized spacial score (nSPS) is 31.1. The highest BCUT2D eigenvalue weighted by atomic mass is 16.5. The number of hydrogen-bond acceptors (Lipinski definition) is 1. The first-order valence-corrected chi connectivity index (χ1v) is 11.1. The Kier molecular flexibility index (Phi) is 7.62. The second-order valence-electron chi connectivity index (χ2n) is 9.26. The molecule has 0 bridgehead atoms. The lowest BCUT2D eigenvalue weighted by molar-refractivity contribution is -0.00452. The maximum Gasteiger partial charge on any atom is 0.109 e. The van der Waals surface area contributed by atoms with E-state index in [0.717, 1.165) is 23.5 Å². The molecule has 0 saturated heterocycles. The predicted molar refractivity (Wildman–Crippen MR) is 114 cm³/mol. The summed E-state index contributed by atoms with van der Waals surface area (Å²) in [6, 6.07) is 0. The van der Waals surface area contributed by atoms with E-state index in [0.29, 0.717) is 5.92 Å². The molecule has 26 heavy (non-hydrogen) atoms. The molecule has 1 nitrogen and oxygen atoms in total. The van der Waals surface area contributed by atoms with E-state index in [9.17, 15) is 0 Å². The summed E-state index contributed by atoms with van der Waals surface area (Å²) in [5.41, 5.74) is 3.23. The molecule has 0 aromatic carbocycles. The van der Waals surface area contributed by atoms with E-state index in [1.54, 1.807) is 11.1 Å². The van der Waals surface area contributed by atoms with E-state index in [4.69, 9.17) is 4.74 Å². The van der Waals surface area contributed by atoms with Crippen molar-refractivity contribution in [3.8, 4) is 0 Å². The zero-order chi connectivity index (χ0) is 19.3. The van der Waals surface area contributed by atoms with Gasteiger partial charge in [0, 0.05) is 5.92 Å². The largest absolute Gasteiger partial charge is 0.492 e. The average molecular weight is 359 g/mol. The molecule has 1 saturated carbocycles. The number of allylic oxidation sites excluding steroid dienone is 5. The van der Waals surface area contributed by atoms with Crippen molar-refractivity contribution < 1.29 is 4.74 Å². The van der Waals surface area contributed by atoms with Crippen molar-refractivity contribution in [2.45, 2.75) is 99.0 Å². The zero-order valence-electron chi connectivity index (χ0n) is 18.4. The van der Waals surface area contributed by atoms with Gasteiger partial charge < -0.3 is 4.74 Å². The molecule has 0 amide bonds. The van der Waals surface area contributed by atoms with Crippen LogP contribution in [0.1, 0.15) is 93.4 Å². The average Bonchev–Trinajstić information content (AvgIpc) is 2.87. The summed E-state index contributed by atoms with van der Waals surface area (Å²) in [5, 5.41) is 0. The van der Waals surface area contributed by atoms with Crippen LogP contribution < -0.4 is 0 Å². The number of fused-ring (bicyclic) bond motifs is 1. The lowest BCUT2D eigenvalue weighted by Gasteiger charge is -2.38. The van der Waals surface area contributed by atoms with Gasteiger partial charge in [-0.15, -0.1) is 0 Å². The summed E-state index contributed by atoms with van der Waals surface area (Å²) in [6.07, 6.45) is 16.0. The van der Waals surface area contributed by atoms with Crippen LogP contribution in [0.5, 0.6) is 0 Å². The van der Waals surface area contributed by atoms with Crippen molar-refractivity contribution in [3.05, 3.63) is 35.1 Å². The van der Waals surface area contributed by atoms with Gasteiger partial charge in [-0.2, -0.15) is 0 Å². The maximum absolute atomic E-state index is 6.42. The summed E-state index contributed by atoms with van der Waals surface area (Å²) in [5.74, 6) is 4.29. The second kappa shape index (κ2) is 9.29. The number of rotatable bonds is 5. The molecule has 148 valence electrons. The van der Waals surface area contributed by atoms with Crippen molar-refractivity contribution in [3.63, 3.8) is 0 Å². The molecular weight excluding hydrogens is 316 g/mol. The van der Waals surface area contributed by atoms with Gasteiger partial charge in [0.15, 0.2) is 0 Å². The summed E-state index contributed by atoms with van der Waals surface area (Å²) in [6.45, 7) is 15.7. The minimum atomic E-state index is -0.0994. The van der Waals surface area contributed by atoms with Gasteiger partial charge in [-0.1, -0.05) is 58.3 Å². The Bertz CT molecular complexity index is 549. The molecule has 0 spiro atoms. The van der Waals surface area contributed by atoms with Crippen LogP contribution >= 0.6 is 0 Å². The topological polar surface area (TPSA) is 9.23 Å². The fourth-order valence-electron chi connectivity index (χ4n) is 5.13. The first-order chi connectivity index (χ1) is 12.3. The van der Waals surface area contributed by atoms with Crippen LogP contribution in [0.25, 0.3) is 0 Å². The van der Waals surface area contributed by atoms with Crippen molar-refractivity contribution in [1.29, 1.82) is 0 Å². The van der Waals surface area contributed by atoms with E-state index in [2.05, 4.69) is 66.7 Å². The highest BCUT2D eigenvalue weighted by molar-refractivity contribution is 5.39. The van der Waals surface area contributed by atoms with E-state index >= 15 is 0 Å². The van der Waals surface area contributed by atoms with Gasteiger partial charge in [0.05, 0.1) is 5.76 Å². The molecule has 0 heterocycles. The zero-order valence-corrected chi connectivity index (χ0v) is 18.4. The fraction of sp³-hybridized carbons (Fsp3) is 0.760. The minimum absolute atomic E-state index is 0.0994. The van der Waals surface area contributed by atoms with Crippen LogP contribution in [0.15, 0.2) is 35.1 Å². The third-order valence-corrected chi connectivity index (χ3v) is 6.43. The molecule has 0 aromatic rings. The highest BCUT2D eigenvalue weighted by Crippen LogP contribution is 2.54. The van der Waals surface area contributed by atoms with E-state index < -0.39 is 0 Å². The molecule has 1 heteroatoms. The first kappa shape index (κ1) is 21.3. The Hall–Kier alpha value is -0.980. The number of hydrogen-bond donors (Lipinski definition) is 0. The van der Waals surface area contributed by atoms with E-state index in [1.807, 2.05) is 0 Å². The van der Waals surface area contributed by atoms with Gasteiger partial charge in [0.2, 0.25) is 0 Å². The van der Waals surface area contributed by atoms with Gasteiger partial charge >= 0.3 is 0 Å². The van der Waals surface area contributed by atoms with Gasteiger partial charge in [0.1, 0.15) is 5.60 Å². The molecule has 4 unspecified atom stereocenters. The molecule has 3 rings (SSSR count). The standard InChI is InChI=1S/C22H34O.C3H8/c1-6-17-14-18(20-12-15(2)21(17)20)13-16(3)23-22(4,5)19-10-8-7-9-11-19;1-3-2/h8,10,13,15,17,19,21H,6-7,9,11-12,14H2,1-5H3;3H2,1-2H3/b16-13+;. The highest BCUT2D eigenvalue weighted by Gasteiger charge is 2.43. The third-order valence-electron chi connectivity index (χ3n) is 6.43. The predicted octanol–water partition coefficient (Wildman–Crippen LogP) is 7.84. The molecule has 0 aromatic heterocycles. The Morgan fingerprint density at radius 1 is 1.23 bits per heavy atom. The number of ether oxygens (including phenoxy) is 1. The Balaban J connectivity index is 0.000000758. The first-order valence-electron chi connectivity index (χ1n) is 11.1. The van der Waals surface area contributed by atoms with Crippen molar-refractivity contribution >= 4 is 0 Å². The molecule has 1 fully saturated rings. The van der Waals surface area contributed by atoms with E-state index in [-0.39, 0.29) is 5.60 Å². The molecule has 0 N–H and O–H groups in total. The van der Waals surface area contributed by atoms with Crippen molar-refractivity contribution in [1.82, 2.24) is 0 Å². The molecule has 3 aliphatic rings. The van der Waals surface area contributed by atoms with Crippen LogP contribution in [0.2, 0.25) is 0 Å². The Morgan fingerprint density at radius 3 is 2.42 bits per heavy atom. The molecule has 4 atom stereocenters. The third kappa shape index (κ3) is 4.84. The smallest absolute Gasteiger partial charge is 0.109 e. The molecular formula is C25H42O. The Labute approximate surface area is 163 Å². The summed E-state index contributed by atoms with van der Waals surface area (Å²) in [7, 11) is 0. The van der Waals surface area contributed by atoms with E-state index in [1.165, 1.54) is 44.9 Å². The monoisotopic (exact) mass is 358 g/mol. The summed E-state index contributed by atoms with van der Waals surface area (Å²) in [4.78, 5) is 0. The summed E-state index contributed by atoms with van der Waals surface area (Å²) >= 11 is 0. The SMILES string of the molecule is CCC.CCC1CC(/C=C(\C)OC(C)(C)C2C=CCCC2)=C2CC(C)C21. The lowest BCUT2D eigenvalue weighted by Crippen LogP contribution is -2.33.